The van der Waals surface area contributed by atoms with E-state index in [1.807, 2.05) is 18.2 Å². The lowest BCUT2D eigenvalue weighted by Crippen LogP contribution is -2.39. The van der Waals surface area contributed by atoms with Crippen molar-refractivity contribution in [2.75, 3.05) is 13.1 Å². The molecule has 2 N–H and O–H groups in total. The number of halogens is 3. The van der Waals surface area contributed by atoms with Gasteiger partial charge in [-0.05, 0) is 37.8 Å². The van der Waals surface area contributed by atoms with Crippen LogP contribution in [0.4, 0.5) is 13.2 Å². The fourth-order valence-electron chi connectivity index (χ4n) is 4.41. The highest BCUT2D eigenvalue weighted by atomic mass is 19.4. The second-order valence-electron chi connectivity index (χ2n) is 8.85. The van der Waals surface area contributed by atoms with Crippen molar-refractivity contribution in [3.63, 3.8) is 0 Å². The largest absolute Gasteiger partial charge is 0.435 e. The molecule has 1 saturated carbocycles. The number of benzene rings is 1. The predicted octanol–water partition coefficient (Wildman–Crippen LogP) is 3.82. The van der Waals surface area contributed by atoms with Gasteiger partial charge in [-0.2, -0.15) is 18.3 Å². The summed E-state index contributed by atoms with van der Waals surface area (Å²) in [6, 6.07) is 13.7. The monoisotopic (exact) mass is 513 g/mol. The summed E-state index contributed by atoms with van der Waals surface area (Å²) in [5, 5.41) is 8.62. The van der Waals surface area contributed by atoms with E-state index in [4.69, 9.17) is 0 Å². The van der Waals surface area contributed by atoms with Crippen molar-refractivity contribution in [2.45, 2.75) is 31.9 Å². The molecule has 0 radical (unpaired) electrons. The van der Waals surface area contributed by atoms with Crippen molar-refractivity contribution in [2.24, 2.45) is 11.8 Å². The maximum atomic E-state index is 13.5. The molecule has 37 heavy (non-hydrogen) atoms. The topological polar surface area (TPSA) is 106 Å². The molecule has 0 spiro atoms. The van der Waals surface area contributed by atoms with Crippen LogP contribution in [-0.2, 0) is 11.0 Å². The van der Waals surface area contributed by atoms with Gasteiger partial charge >= 0.3 is 6.18 Å². The summed E-state index contributed by atoms with van der Waals surface area (Å²) in [6.45, 7) is 0.00164. The lowest BCUT2D eigenvalue weighted by molar-refractivity contribution is -0.141. The number of hydrogen-bond acceptors (Lipinski definition) is 5. The first-order valence-corrected chi connectivity index (χ1v) is 12.0. The first kappa shape index (κ1) is 26.1. The van der Waals surface area contributed by atoms with Crippen LogP contribution in [0, 0.1) is 11.8 Å². The number of nitrogens with zero attached hydrogens (tertiary/aromatic N) is 3. The molecular weight excluding hydrogens is 487 g/mol. The number of alkyl halides is 3. The predicted molar refractivity (Wildman–Crippen MR) is 128 cm³/mol. The van der Waals surface area contributed by atoms with E-state index < -0.39 is 23.3 Å². The van der Waals surface area contributed by atoms with Crippen LogP contribution in [0.1, 0.15) is 52.1 Å². The molecule has 1 fully saturated rings. The van der Waals surface area contributed by atoms with Crippen molar-refractivity contribution >= 4 is 17.6 Å². The molecule has 11 heteroatoms. The number of pyridine rings is 1. The Morgan fingerprint density at radius 3 is 2.19 bits per heavy atom. The quantitative estimate of drug-likeness (QED) is 0.352. The van der Waals surface area contributed by atoms with Crippen LogP contribution in [-0.4, -0.2) is 45.5 Å². The van der Waals surface area contributed by atoms with Gasteiger partial charge in [-0.25, -0.2) is 9.67 Å². The summed E-state index contributed by atoms with van der Waals surface area (Å²) < 4.78 is 41.3. The second kappa shape index (κ2) is 11.4. The van der Waals surface area contributed by atoms with E-state index in [-0.39, 0.29) is 42.4 Å². The zero-order valence-electron chi connectivity index (χ0n) is 19.9. The number of amides is 2. The summed E-state index contributed by atoms with van der Waals surface area (Å²) in [4.78, 5) is 41.6. The zero-order valence-corrected chi connectivity index (χ0v) is 19.9. The standard InChI is InChI=1S/C26H26F3N5O3/c27-26(28,29)23-20(16-34(33-23)21-8-4-5-13-30-21)25(37)32-15-14-31-24(36)19-11-9-18(10-12-19)22(35)17-6-2-1-3-7-17/h1-8,13,16,18-19H,9-12,14-15H2,(H,31,36)(H,32,37). The van der Waals surface area contributed by atoms with Crippen LogP contribution in [0.15, 0.2) is 60.9 Å². The van der Waals surface area contributed by atoms with Gasteiger partial charge in [0.25, 0.3) is 5.91 Å². The molecule has 0 unspecified atom stereocenters. The average Bonchev–Trinajstić information content (AvgIpc) is 3.38. The molecule has 2 heterocycles. The Balaban J connectivity index is 1.26. The Labute approximate surface area is 211 Å². The van der Waals surface area contributed by atoms with E-state index in [0.29, 0.717) is 31.2 Å². The molecule has 0 atom stereocenters. The van der Waals surface area contributed by atoms with E-state index in [9.17, 15) is 27.6 Å². The number of nitrogens with one attached hydrogen (secondary N) is 2. The molecule has 2 amide bonds. The first-order valence-electron chi connectivity index (χ1n) is 12.0. The van der Waals surface area contributed by atoms with E-state index in [2.05, 4.69) is 20.7 Å². The molecule has 4 rings (SSSR count). The molecule has 1 aromatic carbocycles. The summed E-state index contributed by atoms with van der Waals surface area (Å²) in [7, 11) is 0. The van der Waals surface area contributed by atoms with Crippen molar-refractivity contribution in [1.82, 2.24) is 25.4 Å². The van der Waals surface area contributed by atoms with Crippen LogP contribution in [0.5, 0.6) is 0 Å². The van der Waals surface area contributed by atoms with Gasteiger partial charge in [0.1, 0.15) is 0 Å². The Kier molecular flexibility index (Phi) is 8.00. The third-order valence-electron chi connectivity index (χ3n) is 6.35. The van der Waals surface area contributed by atoms with Gasteiger partial charge in [-0.15, -0.1) is 0 Å². The third kappa shape index (κ3) is 6.41. The molecule has 3 aromatic rings. The molecule has 2 aromatic heterocycles. The van der Waals surface area contributed by atoms with Gasteiger partial charge in [-0.3, -0.25) is 14.4 Å². The molecule has 0 aliphatic heterocycles. The molecule has 0 saturated heterocycles. The molecule has 0 bridgehead atoms. The summed E-state index contributed by atoms with van der Waals surface area (Å²) >= 11 is 0. The van der Waals surface area contributed by atoms with Crippen LogP contribution in [0.3, 0.4) is 0 Å². The number of rotatable bonds is 8. The Hall–Kier alpha value is -4.02. The van der Waals surface area contributed by atoms with Gasteiger partial charge in [0.2, 0.25) is 5.91 Å². The Morgan fingerprint density at radius 1 is 0.892 bits per heavy atom. The normalized spacial score (nSPS) is 17.7. The van der Waals surface area contributed by atoms with Crippen LogP contribution < -0.4 is 10.6 Å². The minimum Gasteiger partial charge on any atom is -0.354 e. The van der Waals surface area contributed by atoms with E-state index in [0.717, 1.165) is 10.9 Å². The first-order chi connectivity index (χ1) is 17.7. The van der Waals surface area contributed by atoms with Gasteiger partial charge < -0.3 is 10.6 Å². The second-order valence-corrected chi connectivity index (χ2v) is 8.85. The molecular formula is C26H26F3N5O3. The highest BCUT2D eigenvalue weighted by Gasteiger charge is 2.39. The number of aromatic nitrogens is 3. The molecule has 1 aliphatic carbocycles. The lowest BCUT2D eigenvalue weighted by atomic mass is 9.78. The minimum absolute atomic E-state index is 0.0571. The van der Waals surface area contributed by atoms with Crippen molar-refractivity contribution in [3.8, 4) is 5.82 Å². The zero-order chi connectivity index (χ0) is 26.4. The van der Waals surface area contributed by atoms with E-state index in [1.54, 1.807) is 24.3 Å². The molecule has 1 aliphatic rings. The summed E-state index contributed by atoms with van der Waals surface area (Å²) in [5.74, 6) is -1.28. The fraction of sp³-hybridized carbons (Fsp3) is 0.346. The number of hydrogen-bond donors (Lipinski definition) is 2. The third-order valence-corrected chi connectivity index (χ3v) is 6.35. The lowest BCUT2D eigenvalue weighted by Gasteiger charge is -2.27. The van der Waals surface area contributed by atoms with Crippen LogP contribution >= 0.6 is 0 Å². The van der Waals surface area contributed by atoms with Crippen LogP contribution in [0.2, 0.25) is 0 Å². The Morgan fingerprint density at radius 2 is 1.54 bits per heavy atom. The number of carbonyl (C=O) groups is 3. The summed E-state index contributed by atoms with van der Waals surface area (Å²) in [6.07, 6.45) is -0.0750. The van der Waals surface area contributed by atoms with Gasteiger partial charge in [0.05, 0.1) is 5.56 Å². The van der Waals surface area contributed by atoms with Gasteiger partial charge in [0, 0.05) is 42.9 Å². The smallest absolute Gasteiger partial charge is 0.354 e. The number of carbonyl (C=O) groups excluding carboxylic acids is 3. The Bertz CT molecular complexity index is 1240. The highest BCUT2D eigenvalue weighted by Crippen LogP contribution is 2.32. The van der Waals surface area contributed by atoms with Crippen molar-refractivity contribution < 1.29 is 27.6 Å². The van der Waals surface area contributed by atoms with Gasteiger partial charge in [0.15, 0.2) is 17.3 Å². The number of ketones is 1. The van der Waals surface area contributed by atoms with Gasteiger partial charge in [-0.1, -0.05) is 36.4 Å². The van der Waals surface area contributed by atoms with E-state index in [1.165, 1.54) is 12.3 Å². The number of Topliss-reactive ketones (excluding diaryl/α,β-unsaturated/α-hetero) is 1. The average molecular weight is 514 g/mol. The van der Waals surface area contributed by atoms with Crippen molar-refractivity contribution in [3.05, 3.63) is 77.7 Å². The fourth-order valence-corrected chi connectivity index (χ4v) is 4.41. The SMILES string of the molecule is O=C(NCCNC(=O)C1CCC(C(=O)c2ccccc2)CC1)c1cn(-c2ccccn2)nc1C(F)(F)F. The molecule has 8 nitrogen and oxygen atoms in total. The molecule has 194 valence electrons. The highest BCUT2D eigenvalue weighted by molar-refractivity contribution is 5.98. The van der Waals surface area contributed by atoms with E-state index >= 15 is 0 Å². The minimum atomic E-state index is -4.83. The van der Waals surface area contributed by atoms with Crippen LogP contribution in [0.25, 0.3) is 5.82 Å². The van der Waals surface area contributed by atoms with Crippen molar-refractivity contribution in [1.29, 1.82) is 0 Å². The maximum absolute atomic E-state index is 13.5. The summed E-state index contributed by atoms with van der Waals surface area (Å²) in [5.41, 5.74) is -1.28. The maximum Gasteiger partial charge on any atom is 0.435 e.